The number of nitrogens with zero attached hydrogens (tertiary/aromatic N) is 2. The fourth-order valence-electron chi connectivity index (χ4n) is 1.53. The van der Waals surface area contributed by atoms with E-state index in [1.807, 2.05) is 6.92 Å². The highest BCUT2D eigenvalue weighted by Gasteiger charge is 2.27. The van der Waals surface area contributed by atoms with Crippen LogP contribution in [-0.4, -0.2) is 8.42 Å². The van der Waals surface area contributed by atoms with E-state index in [-0.39, 0.29) is 10.9 Å². The van der Waals surface area contributed by atoms with Crippen molar-refractivity contribution < 1.29 is 8.42 Å². The normalized spacial score (nSPS) is 22.4. The molecular formula is C9H9ClN2O2S. The highest BCUT2D eigenvalue weighted by molar-refractivity contribution is 7.90. The van der Waals surface area contributed by atoms with E-state index in [2.05, 4.69) is 9.63 Å². The molecule has 15 heavy (non-hydrogen) atoms. The SMILES string of the molecule is CCC1N=NS(=O)(=O)c2cc(Cl)ccc21. The summed E-state index contributed by atoms with van der Waals surface area (Å²) in [6.07, 6.45) is 0.716. The van der Waals surface area contributed by atoms with Gasteiger partial charge < -0.3 is 0 Å². The Hall–Kier alpha value is -0.940. The topological polar surface area (TPSA) is 58.9 Å². The summed E-state index contributed by atoms with van der Waals surface area (Å²) in [6.45, 7) is 1.93. The molecule has 2 rings (SSSR count). The second-order valence-corrected chi connectivity index (χ2v) is 5.27. The molecule has 1 aromatic carbocycles. The first kappa shape index (κ1) is 10.6. The van der Waals surface area contributed by atoms with E-state index in [9.17, 15) is 8.42 Å². The molecule has 0 bridgehead atoms. The van der Waals surface area contributed by atoms with Crippen molar-refractivity contribution in [2.24, 2.45) is 9.63 Å². The van der Waals surface area contributed by atoms with E-state index in [1.165, 1.54) is 6.07 Å². The summed E-state index contributed by atoms with van der Waals surface area (Å²) in [5, 5.41) is 4.16. The van der Waals surface area contributed by atoms with Gasteiger partial charge in [-0.3, -0.25) is 0 Å². The second kappa shape index (κ2) is 3.57. The number of rotatable bonds is 1. The van der Waals surface area contributed by atoms with Gasteiger partial charge in [-0.25, -0.2) is 0 Å². The molecule has 0 spiro atoms. The monoisotopic (exact) mass is 244 g/mol. The van der Waals surface area contributed by atoms with Crippen LogP contribution in [0, 0.1) is 0 Å². The number of hydrogen-bond acceptors (Lipinski definition) is 3. The lowest BCUT2D eigenvalue weighted by atomic mass is 10.1. The minimum atomic E-state index is -3.63. The molecule has 0 N–H and O–H groups in total. The number of benzene rings is 1. The number of halogens is 1. The van der Waals surface area contributed by atoms with Crippen molar-refractivity contribution in [2.45, 2.75) is 24.3 Å². The standard InChI is InChI=1S/C9H9ClN2O2S/c1-2-8-7-4-3-6(10)5-9(7)15(13,14)12-11-8/h3-5,8H,2H2,1H3. The zero-order valence-electron chi connectivity index (χ0n) is 8.01. The molecule has 0 amide bonds. The molecule has 0 aromatic heterocycles. The Labute approximate surface area is 93.0 Å². The van der Waals surface area contributed by atoms with Crippen LogP contribution in [0.5, 0.6) is 0 Å². The zero-order chi connectivity index (χ0) is 11.1. The summed E-state index contributed by atoms with van der Waals surface area (Å²) in [6, 6.07) is 4.61. The fraction of sp³-hybridized carbons (Fsp3) is 0.333. The molecule has 1 aromatic rings. The van der Waals surface area contributed by atoms with Crippen molar-refractivity contribution in [3.05, 3.63) is 28.8 Å². The first-order valence-electron chi connectivity index (χ1n) is 4.51. The van der Waals surface area contributed by atoms with E-state index in [0.717, 1.165) is 0 Å². The first-order chi connectivity index (χ1) is 7.04. The number of hydrogen-bond donors (Lipinski definition) is 0. The third kappa shape index (κ3) is 1.77. The Morgan fingerprint density at radius 1 is 1.47 bits per heavy atom. The maximum atomic E-state index is 11.6. The quantitative estimate of drug-likeness (QED) is 0.763. The molecule has 1 aliphatic rings. The van der Waals surface area contributed by atoms with E-state index >= 15 is 0 Å². The average Bonchev–Trinajstić information content (AvgIpc) is 2.19. The van der Waals surface area contributed by atoms with Crippen LogP contribution in [0.3, 0.4) is 0 Å². The molecule has 0 aliphatic carbocycles. The Bertz CT molecular complexity index is 525. The van der Waals surface area contributed by atoms with Gasteiger partial charge in [-0.2, -0.15) is 13.5 Å². The highest BCUT2D eigenvalue weighted by atomic mass is 35.5. The molecule has 6 heteroatoms. The minimum Gasteiger partial charge on any atom is -0.198 e. The maximum absolute atomic E-state index is 11.6. The predicted molar refractivity (Wildman–Crippen MR) is 56.5 cm³/mol. The van der Waals surface area contributed by atoms with Crippen LogP contribution in [0.4, 0.5) is 0 Å². The molecule has 0 saturated carbocycles. The summed E-state index contributed by atoms with van der Waals surface area (Å²) in [4.78, 5) is 0.178. The molecule has 1 unspecified atom stereocenters. The Kier molecular flexibility index (Phi) is 2.52. The third-order valence-corrected chi connectivity index (χ3v) is 3.75. The smallest absolute Gasteiger partial charge is 0.198 e. The summed E-state index contributed by atoms with van der Waals surface area (Å²) in [5.74, 6) is 0. The molecule has 80 valence electrons. The van der Waals surface area contributed by atoms with Crippen LogP contribution in [0.2, 0.25) is 5.02 Å². The lowest BCUT2D eigenvalue weighted by molar-refractivity contribution is 0.569. The van der Waals surface area contributed by atoms with Gasteiger partial charge in [-0.05, 0) is 24.1 Å². The second-order valence-electron chi connectivity index (χ2n) is 3.28. The molecule has 4 nitrogen and oxygen atoms in total. The fourth-order valence-corrected chi connectivity index (χ4v) is 2.87. The number of sulfonamides is 1. The van der Waals surface area contributed by atoms with E-state index in [0.29, 0.717) is 17.0 Å². The van der Waals surface area contributed by atoms with Gasteiger partial charge in [0.05, 0.1) is 10.9 Å². The first-order valence-corrected chi connectivity index (χ1v) is 6.33. The Morgan fingerprint density at radius 2 is 2.20 bits per heavy atom. The average molecular weight is 245 g/mol. The van der Waals surface area contributed by atoms with Crippen molar-refractivity contribution in [3.63, 3.8) is 0 Å². The molecule has 1 atom stereocenters. The van der Waals surface area contributed by atoms with Crippen molar-refractivity contribution in [1.82, 2.24) is 0 Å². The maximum Gasteiger partial charge on any atom is 0.299 e. The highest BCUT2D eigenvalue weighted by Crippen LogP contribution is 2.35. The lowest BCUT2D eigenvalue weighted by Gasteiger charge is -2.17. The molecule has 0 fully saturated rings. The van der Waals surface area contributed by atoms with Gasteiger partial charge in [0, 0.05) is 5.02 Å². The van der Waals surface area contributed by atoms with Crippen LogP contribution in [-0.2, 0) is 10.0 Å². The molecule has 0 radical (unpaired) electrons. The van der Waals surface area contributed by atoms with E-state index in [4.69, 9.17) is 11.6 Å². The predicted octanol–water partition coefficient (Wildman–Crippen LogP) is 2.95. The van der Waals surface area contributed by atoms with Crippen molar-refractivity contribution in [2.75, 3.05) is 0 Å². The van der Waals surface area contributed by atoms with Gasteiger partial charge in [-0.1, -0.05) is 29.1 Å². The van der Waals surface area contributed by atoms with Crippen molar-refractivity contribution in [3.8, 4) is 0 Å². The molecule has 0 saturated heterocycles. The van der Waals surface area contributed by atoms with Crippen LogP contribution >= 0.6 is 11.6 Å². The van der Waals surface area contributed by atoms with Crippen LogP contribution in [0.25, 0.3) is 0 Å². The van der Waals surface area contributed by atoms with Crippen molar-refractivity contribution in [1.29, 1.82) is 0 Å². The summed E-state index contributed by atoms with van der Waals surface area (Å²) >= 11 is 5.76. The van der Waals surface area contributed by atoms with Gasteiger partial charge in [0.25, 0.3) is 10.0 Å². The zero-order valence-corrected chi connectivity index (χ0v) is 9.59. The number of fused-ring (bicyclic) bond motifs is 1. The summed E-state index contributed by atoms with van der Waals surface area (Å²) in [5.41, 5.74) is 0.678. The third-order valence-electron chi connectivity index (χ3n) is 2.29. The van der Waals surface area contributed by atoms with E-state index < -0.39 is 10.0 Å². The van der Waals surface area contributed by atoms with Gasteiger partial charge in [0.2, 0.25) is 0 Å². The minimum absolute atomic E-state index is 0.178. The Morgan fingerprint density at radius 3 is 2.87 bits per heavy atom. The van der Waals surface area contributed by atoms with Crippen LogP contribution in [0.15, 0.2) is 32.7 Å². The van der Waals surface area contributed by atoms with Crippen molar-refractivity contribution >= 4 is 21.6 Å². The van der Waals surface area contributed by atoms with Gasteiger partial charge in [-0.15, -0.1) is 0 Å². The van der Waals surface area contributed by atoms with E-state index in [1.54, 1.807) is 12.1 Å². The van der Waals surface area contributed by atoms with Crippen LogP contribution in [0.1, 0.15) is 24.9 Å². The summed E-state index contributed by atoms with van der Waals surface area (Å²) < 4.78 is 26.5. The van der Waals surface area contributed by atoms with Gasteiger partial charge in [0.15, 0.2) is 0 Å². The largest absolute Gasteiger partial charge is 0.299 e. The van der Waals surface area contributed by atoms with Gasteiger partial charge >= 0.3 is 0 Å². The summed E-state index contributed by atoms with van der Waals surface area (Å²) in [7, 11) is -3.63. The molecular weight excluding hydrogens is 236 g/mol. The molecule has 1 heterocycles. The van der Waals surface area contributed by atoms with Gasteiger partial charge in [0.1, 0.15) is 0 Å². The molecule has 1 aliphatic heterocycles. The lowest BCUT2D eigenvalue weighted by Crippen LogP contribution is -2.09. The Balaban J connectivity index is 2.70. The van der Waals surface area contributed by atoms with Crippen LogP contribution < -0.4 is 0 Å².